The van der Waals surface area contributed by atoms with Crippen molar-refractivity contribution >= 4 is 28.5 Å². The fourth-order valence-corrected chi connectivity index (χ4v) is 5.27. The molecule has 12 nitrogen and oxygen atoms in total. The van der Waals surface area contributed by atoms with Crippen LogP contribution in [0.15, 0.2) is 123 Å². The minimum Gasteiger partial charge on any atom is -0.497 e. The predicted molar refractivity (Wildman–Crippen MR) is 202 cm³/mol. The normalized spacial score (nSPS) is 10.4. The van der Waals surface area contributed by atoms with Crippen LogP contribution in [0.3, 0.4) is 0 Å². The zero-order valence-electron chi connectivity index (χ0n) is 29.1. The lowest BCUT2D eigenvalue weighted by Crippen LogP contribution is -2.29. The van der Waals surface area contributed by atoms with Crippen LogP contribution >= 0.6 is 15.9 Å². The van der Waals surface area contributed by atoms with Gasteiger partial charge in [0.15, 0.2) is 0 Å². The third kappa shape index (κ3) is 11.7. The Morgan fingerprint density at radius 2 is 1.07 bits per heavy atom. The van der Waals surface area contributed by atoms with E-state index in [1.807, 2.05) is 36.4 Å². The maximum Gasteiger partial charge on any atom is 0.488 e. The van der Waals surface area contributed by atoms with Gasteiger partial charge >= 0.3 is 7.12 Å². The van der Waals surface area contributed by atoms with Crippen molar-refractivity contribution in [3.05, 3.63) is 169 Å². The average Bonchev–Trinajstić information content (AvgIpc) is 3.19. The second-order valence-electron chi connectivity index (χ2n) is 11.4. The lowest BCUT2D eigenvalue weighted by atomic mass is 9.80. The van der Waals surface area contributed by atoms with Gasteiger partial charge in [-0.15, -0.1) is 0 Å². The number of halogens is 3. The van der Waals surface area contributed by atoms with Gasteiger partial charge in [0.05, 0.1) is 61.9 Å². The van der Waals surface area contributed by atoms with Crippen LogP contribution in [0, 0.1) is 11.6 Å². The molecule has 0 aliphatic heterocycles. The van der Waals surface area contributed by atoms with Crippen molar-refractivity contribution in [2.75, 3.05) is 14.2 Å². The summed E-state index contributed by atoms with van der Waals surface area (Å²) in [7, 11) is 1.67. The Bertz CT molecular complexity index is 2220. The Morgan fingerprint density at radius 3 is 1.50 bits per heavy atom. The smallest absolute Gasteiger partial charge is 0.488 e. The third-order valence-electron chi connectivity index (χ3n) is 7.64. The molecule has 0 unspecified atom stereocenters. The molecule has 280 valence electrons. The molecule has 16 heteroatoms. The summed E-state index contributed by atoms with van der Waals surface area (Å²) in [5.74, 6) is 0.720. The quantitative estimate of drug-likeness (QED) is 0.150. The molecular formula is C38H36BBrF2N4O8. The number of rotatable bonds is 10. The Hall–Kier alpha value is -5.52. The SMILES string of the molecule is COc1ccc(Cn2nc(CO)cc(-c3ccc(F)cc3)c2=O)cc1.COc1ccc(Cn2nc(CO)cc(Br)c2=O)cc1.OB(O)c1ccc(F)cc1. The third-order valence-corrected chi connectivity index (χ3v) is 8.20. The molecule has 0 aliphatic carbocycles. The molecule has 6 rings (SSSR count). The fourth-order valence-electron chi connectivity index (χ4n) is 4.81. The molecule has 4 N–H and O–H groups in total. The van der Waals surface area contributed by atoms with Crippen molar-refractivity contribution in [3.63, 3.8) is 0 Å². The number of benzene rings is 4. The summed E-state index contributed by atoms with van der Waals surface area (Å²) in [5, 5.41) is 43.9. The number of nitrogens with zero attached hydrogens (tertiary/aromatic N) is 4. The van der Waals surface area contributed by atoms with E-state index < -0.39 is 7.12 Å². The molecule has 54 heavy (non-hydrogen) atoms. The van der Waals surface area contributed by atoms with Gasteiger partial charge < -0.3 is 29.7 Å². The highest BCUT2D eigenvalue weighted by Crippen LogP contribution is 2.18. The van der Waals surface area contributed by atoms with Crippen molar-refractivity contribution in [3.8, 4) is 22.6 Å². The van der Waals surface area contributed by atoms with Crippen LogP contribution in [0.25, 0.3) is 11.1 Å². The van der Waals surface area contributed by atoms with Crippen LogP contribution in [0.1, 0.15) is 22.5 Å². The van der Waals surface area contributed by atoms with Crippen LogP contribution in [-0.4, -0.2) is 61.2 Å². The molecule has 0 fully saturated rings. The topological polar surface area (TPSA) is 169 Å². The van der Waals surface area contributed by atoms with Gasteiger partial charge in [-0.1, -0.05) is 48.5 Å². The zero-order valence-corrected chi connectivity index (χ0v) is 30.7. The van der Waals surface area contributed by atoms with E-state index in [1.165, 1.54) is 70.0 Å². The molecule has 0 bridgehead atoms. The van der Waals surface area contributed by atoms with Gasteiger partial charge in [-0.05, 0) is 98.7 Å². The molecule has 0 amide bonds. The second kappa shape index (κ2) is 20.1. The predicted octanol–water partition coefficient (Wildman–Crippen LogP) is 3.66. The summed E-state index contributed by atoms with van der Waals surface area (Å²) in [6.07, 6.45) is 0. The summed E-state index contributed by atoms with van der Waals surface area (Å²) < 4.78 is 38.5. The van der Waals surface area contributed by atoms with Crippen LogP contribution in [0.4, 0.5) is 8.78 Å². The summed E-state index contributed by atoms with van der Waals surface area (Å²) in [6.45, 7) is 0.0959. The van der Waals surface area contributed by atoms with Gasteiger partial charge in [-0.2, -0.15) is 10.2 Å². The van der Waals surface area contributed by atoms with E-state index in [0.29, 0.717) is 39.0 Å². The van der Waals surface area contributed by atoms with Gasteiger partial charge in [0.1, 0.15) is 23.1 Å². The molecule has 0 atom stereocenters. The number of hydrogen-bond acceptors (Lipinski definition) is 10. The maximum absolute atomic E-state index is 13.1. The Morgan fingerprint density at radius 1 is 0.648 bits per heavy atom. The first-order valence-electron chi connectivity index (χ1n) is 16.2. The van der Waals surface area contributed by atoms with Crippen molar-refractivity contribution in [2.45, 2.75) is 26.3 Å². The standard InChI is InChI=1S/C19H17FN2O3.C13H13BrN2O3.C6H6BFO2/c1-25-17-8-2-13(3-9-17)11-22-19(24)18(10-16(12-23)21-22)14-4-6-15(20)7-5-14;1-19-11-4-2-9(3-5-11)7-16-13(18)12(14)6-10(8-17)15-16;8-6-3-1-5(2-4-6)7(9)10/h2-10,23H,11-12H2,1H3;2-6,17H,7-8H2,1H3;1-4,9-10H. The van der Waals surface area contributed by atoms with Gasteiger partial charge in [0, 0.05) is 0 Å². The van der Waals surface area contributed by atoms with Crippen LogP contribution in [-0.2, 0) is 26.3 Å². The second-order valence-corrected chi connectivity index (χ2v) is 12.3. The lowest BCUT2D eigenvalue weighted by molar-refractivity contribution is 0.272. The van der Waals surface area contributed by atoms with E-state index in [4.69, 9.17) is 24.6 Å². The zero-order chi connectivity index (χ0) is 39.2. The largest absolute Gasteiger partial charge is 0.497 e. The summed E-state index contributed by atoms with van der Waals surface area (Å²) in [6, 6.07) is 28.4. The molecule has 0 saturated heterocycles. The van der Waals surface area contributed by atoms with Crippen LogP contribution in [0.2, 0.25) is 0 Å². The van der Waals surface area contributed by atoms with E-state index in [2.05, 4.69) is 26.1 Å². The molecule has 0 spiro atoms. The molecule has 4 aromatic carbocycles. The van der Waals surface area contributed by atoms with E-state index in [9.17, 15) is 23.5 Å². The highest BCUT2D eigenvalue weighted by molar-refractivity contribution is 9.10. The first-order valence-corrected chi connectivity index (χ1v) is 17.0. The molecular weight excluding hydrogens is 769 g/mol. The number of hydrogen-bond donors (Lipinski definition) is 4. The molecule has 6 aromatic rings. The number of aromatic nitrogens is 4. The Balaban J connectivity index is 0.000000197. The Kier molecular flexibility index (Phi) is 15.3. The van der Waals surface area contributed by atoms with Crippen LogP contribution < -0.4 is 26.1 Å². The number of aliphatic hydroxyl groups excluding tert-OH is 2. The minimum absolute atomic E-state index is 0.207. The highest BCUT2D eigenvalue weighted by Gasteiger charge is 2.12. The summed E-state index contributed by atoms with van der Waals surface area (Å²) in [5.41, 5.74) is 3.31. The van der Waals surface area contributed by atoms with E-state index in [0.717, 1.165) is 22.6 Å². The number of aliphatic hydroxyl groups is 2. The van der Waals surface area contributed by atoms with Crippen LogP contribution in [0.5, 0.6) is 11.5 Å². The van der Waals surface area contributed by atoms with Crippen molar-refractivity contribution in [2.24, 2.45) is 0 Å². The summed E-state index contributed by atoms with van der Waals surface area (Å²) >= 11 is 3.17. The van der Waals surface area contributed by atoms with Gasteiger partial charge in [-0.3, -0.25) is 9.59 Å². The fraction of sp³-hybridized carbons (Fsp3) is 0.158. The Labute approximate surface area is 317 Å². The summed E-state index contributed by atoms with van der Waals surface area (Å²) in [4.78, 5) is 24.7. The van der Waals surface area contributed by atoms with Gasteiger partial charge in [-0.25, -0.2) is 18.1 Å². The highest BCUT2D eigenvalue weighted by atomic mass is 79.9. The van der Waals surface area contributed by atoms with Crippen molar-refractivity contribution in [1.29, 1.82) is 0 Å². The van der Waals surface area contributed by atoms with Gasteiger partial charge in [0.2, 0.25) is 0 Å². The van der Waals surface area contributed by atoms with E-state index in [-0.39, 0.29) is 42.5 Å². The first kappa shape index (κ1) is 41.2. The minimum atomic E-state index is -1.51. The van der Waals surface area contributed by atoms with Gasteiger partial charge in [0.25, 0.3) is 11.1 Å². The molecule has 2 heterocycles. The molecule has 2 aromatic heterocycles. The van der Waals surface area contributed by atoms with E-state index >= 15 is 0 Å². The molecule has 0 aliphatic rings. The number of ether oxygens (including phenoxy) is 2. The molecule has 0 saturated carbocycles. The average molecular weight is 805 g/mol. The molecule has 0 radical (unpaired) electrons. The van der Waals surface area contributed by atoms with Crippen molar-refractivity contribution in [1.82, 2.24) is 19.6 Å². The maximum atomic E-state index is 13.1. The first-order chi connectivity index (χ1) is 25.9. The van der Waals surface area contributed by atoms with Crippen molar-refractivity contribution < 1.29 is 38.5 Å². The number of methoxy groups -OCH3 is 2. The lowest BCUT2D eigenvalue weighted by Gasteiger charge is -2.10. The monoisotopic (exact) mass is 804 g/mol. The van der Waals surface area contributed by atoms with E-state index in [1.54, 1.807) is 26.4 Å².